The minimum Gasteiger partial charge on any atom is -0.367 e. The lowest BCUT2D eigenvalue weighted by atomic mass is 10.1. The van der Waals surface area contributed by atoms with Gasteiger partial charge < -0.3 is 21.7 Å². The van der Waals surface area contributed by atoms with Gasteiger partial charge in [-0.05, 0) is 30.5 Å². The molecule has 1 aliphatic carbocycles. The number of hydrogen-bond donors (Lipinski definition) is 4. The highest BCUT2D eigenvalue weighted by Crippen LogP contribution is 2.29. The van der Waals surface area contributed by atoms with Crippen molar-refractivity contribution in [3.05, 3.63) is 53.4 Å². The molecule has 5 rings (SSSR count). The fourth-order valence-electron chi connectivity index (χ4n) is 4.13. The van der Waals surface area contributed by atoms with E-state index in [2.05, 4.69) is 50.2 Å². The van der Waals surface area contributed by atoms with Crippen molar-refractivity contribution < 1.29 is 9.59 Å². The first-order valence-electron chi connectivity index (χ1n) is 11.5. The highest BCUT2D eigenvalue weighted by molar-refractivity contribution is 5.98. The predicted molar refractivity (Wildman–Crippen MR) is 130 cm³/mol. The maximum absolute atomic E-state index is 11.7. The van der Waals surface area contributed by atoms with Crippen LogP contribution >= 0.6 is 0 Å². The van der Waals surface area contributed by atoms with Crippen molar-refractivity contribution in [1.29, 1.82) is 0 Å². The van der Waals surface area contributed by atoms with Gasteiger partial charge in [0, 0.05) is 56.0 Å². The maximum Gasteiger partial charge on any atom is 0.265 e. The third kappa shape index (κ3) is 4.92. The van der Waals surface area contributed by atoms with Crippen LogP contribution in [-0.2, 0) is 16.1 Å². The van der Waals surface area contributed by atoms with Crippen LogP contribution in [0.1, 0.15) is 24.0 Å². The summed E-state index contributed by atoms with van der Waals surface area (Å²) in [4.78, 5) is 29.9. The van der Waals surface area contributed by atoms with E-state index in [1.807, 2.05) is 6.07 Å². The number of aromatic nitrogens is 3. The van der Waals surface area contributed by atoms with Crippen molar-refractivity contribution in [3.63, 3.8) is 0 Å². The summed E-state index contributed by atoms with van der Waals surface area (Å²) in [5.74, 6) is 0.0955. The van der Waals surface area contributed by atoms with Gasteiger partial charge in [0.05, 0.1) is 11.9 Å². The van der Waals surface area contributed by atoms with Crippen LogP contribution in [0.2, 0.25) is 0 Å². The van der Waals surface area contributed by atoms with Gasteiger partial charge in [0.15, 0.2) is 5.65 Å². The number of hydrogen-bond acceptors (Lipinski definition) is 7. The normalized spacial score (nSPS) is 17.0. The number of anilines is 1. The molecule has 176 valence electrons. The molecule has 0 radical (unpaired) electrons. The molecule has 5 N–H and O–H groups in total. The highest BCUT2D eigenvalue weighted by Gasteiger charge is 2.23. The molecule has 0 bridgehead atoms. The molecule has 1 saturated carbocycles. The van der Waals surface area contributed by atoms with Gasteiger partial charge in [-0.2, -0.15) is 9.61 Å². The Bertz CT molecular complexity index is 1240. The second-order valence-corrected chi connectivity index (χ2v) is 8.69. The number of fused-ring (bicyclic) bond motifs is 1. The topological polar surface area (TPSA) is 130 Å². The van der Waals surface area contributed by atoms with Gasteiger partial charge >= 0.3 is 0 Å². The molecular weight excluding hydrogens is 432 g/mol. The third-order valence-electron chi connectivity index (χ3n) is 6.05. The monoisotopic (exact) mass is 460 g/mol. The van der Waals surface area contributed by atoms with Gasteiger partial charge in [0.1, 0.15) is 11.5 Å². The van der Waals surface area contributed by atoms with E-state index in [1.54, 1.807) is 10.7 Å². The summed E-state index contributed by atoms with van der Waals surface area (Å²) in [7, 11) is 0. The van der Waals surface area contributed by atoms with E-state index in [9.17, 15) is 9.59 Å². The van der Waals surface area contributed by atoms with E-state index in [4.69, 9.17) is 10.7 Å². The number of carbonyl (C=O) groups is 2. The van der Waals surface area contributed by atoms with Crippen LogP contribution < -0.4 is 21.7 Å². The predicted octanol–water partition coefficient (Wildman–Crippen LogP) is 0.948. The minimum atomic E-state index is -0.737. The molecule has 2 aromatic heterocycles. The molecule has 34 heavy (non-hydrogen) atoms. The molecule has 10 nitrogen and oxygen atoms in total. The third-order valence-corrected chi connectivity index (χ3v) is 6.05. The molecule has 10 heteroatoms. The Hall–Kier alpha value is -3.76. The van der Waals surface area contributed by atoms with Gasteiger partial charge in [-0.1, -0.05) is 18.2 Å². The molecule has 0 unspecified atom stereocenters. The van der Waals surface area contributed by atoms with E-state index in [1.165, 1.54) is 11.6 Å². The molecule has 1 saturated heterocycles. The Morgan fingerprint density at radius 1 is 1.24 bits per heavy atom. The Labute approximate surface area is 197 Å². The number of primary amides is 1. The first kappa shape index (κ1) is 22.1. The van der Waals surface area contributed by atoms with Crippen molar-refractivity contribution in [2.75, 3.05) is 31.5 Å². The number of carbonyl (C=O) groups excluding carboxylic acids is 2. The molecule has 1 aliphatic heterocycles. The summed E-state index contributed by atoms with van der Waals surface area (Å²) in [6.07, 6.45) is 5.76. The SMILES string of the molecule is NC(=O)/C(=C/c1cnn2c(NC3CC3)cc(-c3cccc(CN4CCNCC4)c3)nc12)NC=O. The van der Waals surface area contributed by atoms with E-state index in [0.29, 0.717) is 23.7 Å². The van der Waals surface area contributed by atoms with Crippen LogP contribution in [0.5, 0.6) is 0 Å². The number of nitrogens with two attached hydrogens (primary N) is 1. The van der Waals surface area contributed by atoms with Gasteiger partial charge in [-0.25, -0.2) is 4.98 Å². The standard InChI is InChI=1S/C24H28N8O2/c25-23(34)21(27-15-33)11-18-13-28-32-22(29-19-4-5-19)12-20(30-24(18)32)17-3-1-2-16(10-17)14-31-8-6-26-7-9-31/h1-3,10-13,15,19,26,29H,4-9,14H2,(H2,25,34)(H,27,33)/b21-11-. The van der Waals surface area contributed by atoms with Gasteiger partial charge in [0.25, 0.3) is 5.91 Å². The van der Waals surface area contributed by atoms with E-state index in [-0.39, 0.29) is 5.70 Å². The zero-order valence-corrected chi connectivity index (χ0v) is 18.8. The smallest absolute Gasteiger partial charge is 0.265 e. The number of amides is 2. The fraction of sp³-hybridized carbons (Fsp3) is 0.333. The summed E-state index contributed by atoms with van der Waals surface area (Å²) in [5.41, 5.74) is 9.58. The largest absolute Gasteiger partial charge is 0.367 e. The maximum atomic E-state index is 11.7. The molecule has 3 heterocycles. The number of rotatable bonds is 9. The zero-order chi connectivity index (χ0) is 23.5. The van der Waals surface area contributed by atoms with Crippen LogP contribution in [0.4, 0.5) is 5.82 Å². The first-order chi connectivity index (χ1) is 16.6. The first-order valence-corrected chi connectivity index (χ1v) is 11.5. The quantitative estimate of drug-likeness (QED) is 0.276. The fourth-order valence-corrected chi connectivity index (χ4v) is 4.13. The molecular formula is C24H28N8O2. The average Bonchev–Trinajstić information content (AvgIpc) is 3.57. The van der Waals surface area contributed by atoms with Crippen molar-refractivity contribution in [3.8, 4) is 11.3 Å². The lowest BCUT2D eigenvalue weighted by molar-refractivity contribution is -0.116. The van der Waals surface area contributed by atoms with E-state index < -0.39 is 5.91 Å². The van der Waals surface area contributed by atoms with Crippen molar-refractivity contribution in [2.45, 2.75) is 25.4 Å². The molecule has 3 aromatic rings. The van der Waals surface area contributed by atoms with Crippen LogP contribution in [0.3, 0.4) is 0 Å². The minimum absolute atomic E-state index is 0.0215. The number of piperazine rings is 1. The van der Waals surface area contributed by atoms with Crippen LogP contribution in [0, 0.1) is 0 Å². The lowest BCUT2D eigenvalue weighted by Gasteiger charge is -2.27. The van der Waals surface area contributed by atoms with Gasteiger partial charge in [-0.15, -0.1) is 0 Å². The van der Waals surface area contributed by atoms with E-state index in [0.717, 1.165) is 62.6 Å². The Balaban J connectivity index is 1.54. The molecule has 0 atom stereocenters. The van der Waals surface area contributed by atoms with Gasteiger partial charge in [0.2, 0.25) is 6.41 Å². The van der Waals surface area contributed by atoms with Crippen molar-refractivity contribution >= 4 is 29.9 Å². The lowest BCUT2D eigenvalue weighted by Crippen LogP contribution is -2.42. The number of nitrogens with one attached hydrogen (secondary N) is 3. The van der Waals surface area contributed by atoms with Crippen molar-refractivity contribution in [2.24, 2.45) is 5.73 Å². The summed E-state index contributed by atoms with van der Waals surface area (Å²) in [6, 6.07) is 10.9. The number of benzene rings is 1. The van der Waals surface area contributed by atoms with Crippen LogP contribution in [-0.4, -0.2) is 64.0 Å². The Kier molecular flexibility index (Phi) is 6.24. The average molecular weight is 461 g/mol. The summed E-state index contributed by atoms with van der Waals surface area (Å²) >= 11 is 0. The number of nitrogens with zero attached hydrogens (tertiary/aromatic N) is 4. The Morgan fingerprint density at radius 2 is 2.06 bits per heavy atom. The molecule has 2 amide bonds. The second-order valence-electron chi connectivity index (χ2n) is 8.69. The zero-order valence-electron chi connectivity index (χ0n) is 18.8. The van der Waals surface area contributed by atoms with Crippen molar-refractivity contribution in [1.82, 2.24) is 30.1 Å². The van der Waals surface area contributed by atoms with Crippen LogP contribution in [0.25, 0.3) is 23.0 Å². The molecule has 1 aromatic carbocycles. The Morgan fingerprint density at radius 3 is 2.79 bits per heavy atom. The second kappa shape index (κ2) is 9.62. The summed E-state index contributed by atoms with van der Waals surface area (Å²) < 4.78 is 1.72. The van der Waals surface area contributed by atoms with Crippen LogP contribution in [0.15, 0.2) is 42.2 Å². The molecule has 0 spiro atoms. The van der Waals surface area contributed by atoms with E-state index >= 15 is 0 Å². The highest BCUT2D eigenvalue weighted by atomic mass is 16.2. The summed E-state index contributed by atoms with van der Waals surface area (Å²) in [6.45, 7) is 4.99. The summed E-state index contributed by atoms with van der Waals surface area (Å²) in [5, 5.41) is 13.7. The molecule has 2 fully saturated rings. The molecule has 2 aliphatic rings. The van der Waals surface area contributed by atoms with Gasteiger partial charge in [-0.3, -0.25) is 14.5 Å².